The van der Waals surface area contributed by atoms with Gasteiger partial charge < -0.3 is 47.4 Å². The zero-order valence-electron chi connectivity index (χ0n) is 39.1. The Morgan fingerprint density at radius 3 is 1.43 bits per heavy atom. The molecule has 362 valence electrons. The largest absolute Gasteiger partial charge is 0.467 e. The number of methoxy groups -OCH3 is 1. The first-order chi connectivity index (χ1) is 33.3. The normalized spacial score (nSPS) is 31.5. The number of hydrogen-bond acceptors (Lipinski definition) is 13. The number of carbonyl (C=O) groups is 1. The van der Waals surface area contributed by atoms with Crippen LogP contribution in [0.4, 0.5) is 0 Å². The lowest BCUT2D eigenvalue weighted by molar-refractivity contribution is -0.364. The van der Waals surface area contributed by atoms with E-state index in [0.717, 1.165) is 22.3 Å². The summed E-state index contributed by atoms with van der Waals surface area (Å²) in [7, 11) is 1.25. The number of azide groups is 2. The Kier molecular flexibility index (Phi) is 18.8. The molecule has 0 radical (unpaired) electrons. The molecule has 6 unspecified atom stereocenters. The Bertz CT molecular complexity index is 2240. The summed E-state index contributed by atoms with van der Waals surface area (Å²) in [4.78, 5) is 20.6. The standard InChI is InChI=1S/C51H62N6O11/c1-6-38-42(32(3)40(54-56-52)33(4)64-38)66-51-48(63-31-37-26-18-11-19-27-37)45(62-30-36-24-16-10-17-25-36)46(47(68-51)49(58)59-5)67-50-41(55-57-53)44(61-29-35-22-14-9-15-23-35)43(39(7-2)65-50)60-28-34-20-12-8-13-21-34/h8-27,32-33,38-48,50-51H,6-7,28-31H2,1-5H3/t32-,33+,38?,39?,40?,41?,42+,43+,44-,45+,46+,47?,48?,50-,51-/m1/s1. The predicted octanol–water partition coefficient (Wildman–Crippen LogP) is 9.32. The molecule has 0 spiro atoms. The van der Waals surface area contributed by atoms with Crippen molar-refractivity contribution in [1.29, 1.82) is 0 Å². The molecular weight excluding hydrogens is 873 g/mol. The second-order valence-electron chi connectivity index (χ2n) is 17.2. The summed E-state index contributed by atoms with van der Waals surface area (Å²) in [5.74, 6) is -1.13. The zero-order valence-corrected chi connectivity index (χ0v) is 39.1. The maximum absolute atomic E-state index is 14.2. The minimum absolute atomic E-state index is 0.0648. The van der Waals surface area contributed by atoms with Crippen LogP contribution in [0.1, 0.15) is 62.8 Å². The molecule has 3 heterocycles. The first-order valence-corrected chi connectivity index (χ1v) is 23.3. The Morgan fingerprint density at radius 2 is 0.956 bits per heavy atom. The summed E-state index contributed by atoms with van der Waals surface area (Å²) >= 11 is 0. The summed E-state index contributed by atoms with van der Waals surface area (Å²) in [5.41, 5.74) is 23.2. The Labute approximate surface area is 397 Å². The summed E-state index contributed by atoms with van der Waals surface area (Å²) in [6, 6.07) is 36.8. The first-order valence-electron chi connectivity index (χ1n) is 23.3. The summed E-state index contributed by atoms with van der Waals surface area (Å²) in [5, 5.41) is 8.36. The summed E-state index contributed by atoms with van der Waals surface area (Å²) in [6.45, 7) is 8.30. The van der Waals surface area contributed by atoms with Gasteiger partial charge in [0.2, 0.25) is 0 Å². The third-order valence-corrected chi connectivity index (χ3v) is 12.7. The average Bonchev–Trinajstić information content (AvgIpc) is 3.38. The van der Waals surface area contributed by atoms with Gasteiger partial charge in [0.1, 0.15) is 36.6 Å². The number of carbonyl (C=O) groups excluding carboxylic acids is 1. The van der Waals surface area contributed by atoms with Gasteiger partial charge >= 0.3 is 5.97 Å². The predicted molar refractivity (Wildman–Crippen MR) is 249 cm³/mol. The monoisotopic (exact) mass is 934 g/mol. The topological polar surface area (TPSA) is 207 Å². The molecule has 4 aromatic carbocycles. The number of hydrogen-bond donors (Lipinski definition) is 0. The molecule has 7 rings (SSSR count). The van der Waals surface area contributed by atoms with Crippen molar-refractivity contribution >= 4 is 5.97 Å². The van der Waals surface area contributed by atoms with E-state index in [2.05, 4.69) is 20.1 Å². The lowest BCUT2D eigenvalue weighted by atomic mass is 9.85. The van der Waals surface area contributed by atoms with Gasteiger partial charge in [-0.1, -0.05) is 152 Å². The molecule has 15 atom stereocenters. The molecule has 17 nitrogen and oxygen atoms in total. The van der Waals surface area contributed by atoms with E-state index in [0.29, 0.717) is 12.8 Å². The number of ether oxygens (including phenoxy) is 10. The SMILES string of the molecule is CCC1O[C@@H](C)C(N=[N+]=[N-])[C@@H](C)[C@@H]1O[C@@H]1OC(C(=O)OC)[C@@H](O[C@H]2OC(CC)[C@H](OCc3ccccc3)[C@H](OCc3ccccc3)C2N=[N+]=[N-])[C@H](OCc2ccccc2)C1OCc1ccccc1. The van der Waals surface area contributed by atoms with Crippen LogP contribution in [0.25, 0.3) is 20.9 Å². The zero-order chi connectivity index (χ0) is 47.8. The van der Waals surface area contributed by atoms with Crippen LogP contribution in [-0.4, -0.2) is 98.8 Å². The van der Waals surface area contributed by atoms with Crippen LogP contribution < -0.4 is 0 Å². The van der Waals surface area contributed by atoms with E-state index in [1.54, 1.807) is 0 Å². The van der Waals surface area contributed by atoms with E-state index < -0.39 is 85.6 Å². The minimum Gasteiger partial charge on any atom is -0.467 e. The van der Waals surface area contributed by atoms with Gasteiger partial charge in [-0.05, 0) is 59.0 Å². The van der Waals surface area contributed by atoms with Crippen LogP contribution in [0.3, 0.4) is 0 Å². The van der Waals surface area contributed by atoms with Gasteiger partial charge in [0.25, 0.3) is 0 Å². The third-order valence-electron chi connectivity index (χ3n) is 12.7. The minimum atomic E-state index is -1.50. The van der Waals surface area contributed by atoms with Crippen molar-refractivity contribution in [3.05, 3.63) is 164 Å². The van der Waals surface area contributed by atoms with Gasteiger partial charge in [0.15, 0.2) is 18.7 Å². The van der Waals surface area contributed by atoms with Crippen LogP contribution in [-0.2, 0) is 78.6 Å². The molecule has 0 bridgehead atoms. The lowest BCUT2D eigenvalue weighted by Gasteiger charge is -2.50. The molecule has 0 amide bonds. The van der Waals surface area contributed by atoms with Crippen molar-refractivity contribution in [1.82, 2.24) is 0 Å². The number of rotatable bonds is 21. The van der Waals surface area contributed by atoms with E-state index in [1.165, 1.54) is 7.11 Å². The molecular formula is C51H62N6O11. The maximum Gasteiger partial charge on any atom is 0.337 e. The van der Waals surface area contributed by atoms with Crippen molar-refractivity contribution in [2.24, 2.45) is 16.1 Å². The highest BCUT2D eigenvalue weighted by atomic mass is 16.8. The van der Waals surface area contributed by atoms with E-state index in [1.807, 2.05) is 149 Å². The van der Waals surface area contributed by atoms with Crippen molar-refractivity contribution in [3.8, 4) is 0 Å². The first kappa shape index (κ1) is 50.5. The van der Waals surface area contributed by atoms with Gasteiger partial charge in [-0.3, -0.25) is 0 Å². The van der Waals surface area contributed by atoms with Gasteiger partial charge in [-0.2, -0.15) is 0 Å². The number of benzene rings is 4. The second-order valence-corrected chi connectivity index (χ2v) is 17.2. The highest BCUT2D eigenvalue weighted by molar-refractivity contribution is 5.75. The van der Waals surface area contributed by atoms with Gasteiger partial charge in [0, 0.05) is 9.82 Å². The molecule has 0 saturated carbocycles. The average molecular weight is 935 g/mol. The molecule has 0 aliphatic carbocycles. The van der Waals surface area contributed by atoms with Crippen molar-refractivity contribution in [2.45, 2.75) is 153 Å². The molecule has 0 aromatic heterocycles. The molecule has 3 aliphatic heterocycles. The van der Waals surface area contributed by atoms with Crippen LogP contribution in [0.2, 0.25) is 0 Å². The number of esters is 1. The van der Waals surface area contributed by atoms with E-state index in [-0.39, 0.29) is 38.4 Å². The smallest absolute Gasteiger partial charge is 0.337 e. The molecule has 3 fully saturated rings. The van der Waals surface area contributed by atoms with Crippen molar-refractivity contribution in [2.75, 3.05) is 7.11 Å². The van der Waals surface area contributed by atoms with Crippen LogP contribution >= 0.6 is 0 Å². The molecule has 4 aromatic rings. The molecule has 17 heteroatoms. The Morgan fingerprint density at radius 1 is 0.529 bits per heavy atom. The fourth-order valence-corrected chi connectivity index (χ4v) is 9.22. The van der Waals surface area contributed by atoms with E-state index in [4.69, 9.17) is 47.4 Å². The summed E-state index contributed by atoms with van der Waals surface area (Å²) < 4.78 is 66.3. The highest BCUT2D eigenvalue weighted by Gasteiger charge is 2.57. The van der Waals surface area contributed by atoms with Crippen LogP contribution in [0.5, 0.6) is 0 Å². The molecule has 3 saturated heterocycles. The van der Waals surface area contributed by atoms with E-state index in [9.17, 15) is 15.9 Å². The van der Waals surface area contributed by atoms with Crippen molar-refractivity contribution in [3.63, 3.8) is 0 Å². The Hall–Kier alpha value is -5.39. The van der Waals surface area contributed by atoms with Gasteiger partial charge in [-0.15, -0.1) is 0 Å². The van der Waals surface area contributed by atoms with Crippen LogP contribution in [0, 0.1) is 5.92 Å². The number of nitrogens with zero attached hydrogens (tertiary/aromatic N) is 6. The lowest BCUT2D eigenvalue weighted by Crippen LogP contribution is -2.67. The van der Waals surface area contributed by atoms with Gasteiger partial charge in [-0.25, -0.2) is 4.79 Å². The summed E-state index contributed by atoms with van der Waals surface area (Å²) in [6.07, 6.45) is -10.4. The van der Waals surface area contributed by atoms with Crippen LogP contribution in [0.15, 0.2) is 132 Å². The molecule has 3 aliphatic rings. The maximum atomic E-state index is 14.2. The van der Waals surface area contributed by atoms with E-state index >= 15 is 0 Å². The van der Waals surface area contributed by atoms with Crippen molar-refractivity contribution < 1.29 is 52.2 Å². The second kappa shape index (κ2) is 25.3. The fourth-order valence-electron chi connectivity index (χ4n) is 9.22. The highest BCUT2D eigenvalue weighted by Crippen LogP contribution is 2.40. The van der Waals surface area contributed by atoms with Gasteiger partial charge in [0.05, 0.1) is 64.0 Å². The molecule has 0 N–H and O–H groups in total. The Balaban J connectivity index is 1.29. The fraction of sp³-hybridized carbons (Fsp3) is 0.510. The molecule has 68 heavy (non-hydrogen) atoms. The third kappa shape index (κ3) is 12.6. The quantitative estimate of drug-likeness (QED) is 0.0333.